The molecule has 1 aromatic rings. The van der Waals surface area contributed by atoms with E-state index in [9.17, 15) is 5.11 Å². The SMILES string of the molecule is Cc1cc2c(c(Br)c1O)OC(C)(C)O2. The summed E-state index contributed by atoms with van der Waals surface area (Å²) in [4.78, 5) is 0. The highest BCUT2D eigenvalue weighted by Gasteiger charge is 2.34. The summed E-state index contributed by atoms with van der Waals surface area (Å²) in [5.41, 5.74) is 0.761. The fourth-order valence-corrected chi connectivity index (χ4v) is 2.01. The zero-order chi connectivity index (χ0) is 10.5. The van der Waals surface area contributed by atoms with Gasteiger partial charge in [-0.3, -0.25) is 0 Å². The molecule has 76 valence electrons. The maximum Gasteiger partial charge on any atom is 0.246 e. The van der Waals surface area contributed by atoms with Crippen molar-refractivity contribution in [1.82, 2.24) is 0 Å². The van der Waals surface area contributed by atoms with Crippen LogP contribution in [0.2, 0.25) is 0 Å². The van der Waals surface area contributed by atoms with Crippen molar-refractivity contribution in [3.63, 3.8) is 0 Å². The first-order chi connectivity index (χ1) is 6.41. The topological polar surface area (TPSA) is 38.7 Å². The molecule has 1 aliphatic heterocycles. The molecule has 0 saturated heterocycles. The van der Waals surface area contributed by atoms with Gasteiger partial charge in [0.2, 0.25) is 5.79 Å². The van der Waals surface area contributed by atoms with Crippen LogP contribution in [-0.2, 0) is 0 Å². The summed E-state index contributed by atoms with van der Waals surface area (Å²) in [7, 11) is 0. The molecule has 1 aromatic carbocycles. The number of halogens is 1. The Morgan fingerprint density at radius 2 is 2.00 bits per heavy atom. The molecule has 0 unspecified atom stereocenters. The van der Waals surface area contributed by atoms with Crippen molar-refractivity contribution >= 4 is 15.9 Å². The Labute approximate surface area is 90.8 Å². The number of ether oxygens (including phenoxy) is 2. The quantitative estimate of drug-likeness (QED) is 0.778. The van der Waals surface area contributed by atoms with E-state index in [2.05, 4.69) is 15.9 Å². The highest BCUT2D eigenvalue weighted by molar-refractivity contribution is 9.10. The largest absolute Gasteiger partial charge is 0.506 e. The first-order valence-electron chi connectivity index (χ1n) is 4.31. The van der Waals surface area contributed by atoms with Crippen LogP contribution in [-0.4, -0.2) is 10.9 Å². The van der Waals surface area contributed by atoms with Gasteiger partial charge in [0, 0.05) is 13.8 Å². The molecular formula is C10H11BrO3. The standard InChI is InChI=1S/C10H11BrO3/c1-5-4-6-9(7(11)8(5)12)14-10(2,3)13-6/h4,12H,1-3H3. The number of hydrogen-bond acceptors (Lipinski definition) is 3. The predicted octanol–water partition coefficient (Wildman–Crippen LogP) is 2.97. The van der Waals surface area contributed by atoms with E-state index < -0.39 is 5.79 Å². The third-order valence-corrected chi connectivity index (χ3v) is 2.79. The van der Waals surface area contributed by atoms with Gasteiger partial charge in [0.25, 0.3) is 0 Å². The molecule has 0 saturated carbocycles. The van der Waals surface area contributed by atoms with Crippen LogP contribution in [0.3, 0.4) is 0 Å². The number of rotatable bonds is 0. The molecule has 3 nitrogen and oxygen atoms in total. The lowest BCUT2D eigenvalue weighted by Gasteiger charge is -2.16. The van der Waals surface area contributed by atoms with Crippen LogP contribution in [0.1, 0.15) is 19.4 Å². The number of hydrogen-bond donors (Lipinski definition) is 1. The van der Waals surface area contributed by atoms with Gasteiger partial charge in [-0.25, -0.2) is 0 Å². The number of phenols is 1. The van der Waals surface area contributed by atoms with Crippen LogP contribution in [0.25, 0.3) is 0 Å². The highest BCUT2D eigenvalue weighted by Crippen LogP contribution is 2.49. The zero-order valence-electron chi connectivity index (χ0n) is 8.22. The van der Waals surface area contributed by atoms with Crippen LogP contribution in [0.4, 0.5) is 0 Å². The van der Waals surface area contributed by atoms with Crippen LogP contribution in [0.15, 0.2) is 10.5 Å². The molecule has 0 radical (unpaired) electrons. The van der Waals surface area contributed by atoms with Gasteiger partial charge in [-0.1, -0.05) is 0 Å². The summed E-state index contributed by atoms with van der Waals surface area (Å²) in [5, 5.41) is 9.66. The Hall–Kier alpha value is -0.900. The minimum Gasteiger partial charge on any atom is -0.506 e. The molecule has 0 atom stereocenters. The minimum absolute atomic E-state index is 0.199. The van der Waals surface area contributed by atoms with Crippen molar-refractivity contribution < 1.29 is 14.6 Å². The highest BCUT2D eigenvalue weighted by atomic mass is 79.9. The normalized spacial score (nSPS) is 17.1. The molecule has 0 spiro atoms. The minimum atomic E-state index is -0.662. The third-order valence-electron chi connectivity index (χ3n) is 2.06. The van der Waals surface area contributed by atoms with Gasteiger partial charge < -0.3 is 14.6 Å². The van der Waals surface area contributed by atoms with Gasteiger partial charge in [0.15, 0.2) is 11.5 Å². The van der Waals surface area contributed by atoms with E-state index in [1.165, 1.54) is 0 Å². The summed E-state index contributed by atoms with van der Waals surface area (Å²) in [6, 6.07) is 1.77. The van der Waals surface area contributed by atoms with Crippen molar-refractivity contribution in [2.75, 3.05) is 0 Å². The van der Waals surface area contributed by atoms with E-state index in [1.807, 2.05) is 20.8 Å². The Bertz CT molecular complexity index is 399. The van der Waals surface area contributed by atoms with Crippen LogP contribution >= 0.6 is 15.9 Å². The summed E-state index contributed by atoms with van der Waals surface area (Å²) in [5.74, 6) is 0.769. The summed E-state index contributed by atoms with van der Waals surface area (Å²) in [6.45, 7) is 5.46. The van der Waals surface area contributed by atoms with Gasteiger partial charge in [-0.05, 0) is 34.5 Å². The fraction of sp³-hybridized carbons (Fsp3) is 0.400. The Kier molecular flexibility index (Phi) is 1.93. The van der Waals surface area contributed by atoms with Crippen molar-refractivity contribution in [3.8, 4) is 17.2 Å². The molecule has 0 aromatic heterocycles. The number of aryl methyl sites for hydroxylation is 1. The lowest BCUT2D eigenvalue weighted by atomic mass is 10.2. The second-order valence-electron chi connectivity index (χ2n) is 3.79. The summed E-state index contributed by atoms with van der Waals surface area (Å²) >= 11 is 3.28. The van der Waals surface area contributed by atoms with E-state index in [-0.39, 0.29) is 5.75 Å². The Balaban J connectivity index is 2.59. The molecule has 1 aliphatic rings. The molecule has 4 heteroatoms. The van der Waals surface area contributed by atoms with Gasteiger partial charge in [0.05, 0.1) is 0 Å². The van der Waals surface area contributed by atoms with Crippen LogP contribution in [0.5, 0.6) is 17.2 Å². The maximum absolute atomic E-state index is 9.66. The van der Waals surface area contributed by atoms with E-state index in [0.717, 1.165) is 5.56 Å². The van der Waals surface area contributed by atoms with Crippen molar-refractivity contribution in [3.05, 3.63) is 16.1 Å². The average Bonchev–Trinajstić information content (AvgIpc) is 2.37. The Morgan fingerprint density at radius 3 is 2.64 bits per heavy atom. The van der Waals surface area contributed by atoms with E-state index in [4.69, 9.17) is 9.47 Å². The van der Waals surface area contributed by atoms with Gasteiger partial charge in [-0.15, -0.1) is 0 Å². The van der Waals surface area contributed by atoms with E-state index in [0.29, 0.717) is 16.0 Å². The number of fused-ring (bicyclic) bond motifs is 1. The molecule has 0 fully saturated rings. The van der Waals surface area contributed by atoms with Gasteiger partial charge >= 0.3 is 0 Å². The monoisotopic (exact) mass is 258 g/mol. The van der Waals surface area contributed by atoms with Crippen LogP contribution < -0.4 is 9.47 Å². The first-order valence-corrected chi connectivity index (χ1v) is 5.10. The van der Waals surface area contributed by atoms with Crippen molar-refractivity contribution in [1.29, 1.82) is 0 Å². The number of aromatic hydroxyl groups is 1. The van der Waals surface area contributed by atoms with E-state index >= 15 is 0 Å². The zero-order valence-corrected chi connectivity index (χ0v) is 9.81. The predicted molar refractivity (Wildman–Crippen MR) is 55.9 cm³/mol. The molecule has 1 N–H and O–H groups in total. The number of benzene rings is 1. The summed E-state index contributed by atoms with van der Waals surface area (Å²) in [6.07, 6.45) is 0. The molecule has 0 aliphatic carbocycles. The van der Waals surface area contributed by atoms with Crippen molar-refractivity contribution in [2.45, 2.75) is 26.6 Å². The molecule has 0 bridgehead atoms. The smallest absolute Gasteiger partial charge is 0.246 e. The van der Waals surface area contributed by atoms with E-state index in [1.54, 1.807) is 6.07 Å². The fourth-order valence-electron chi connectivity index (χ4n) is 1.42. The molecular weight excluding hydrogens is 248 g/mol. The van der Waals surface area contributed by atoms with Gasteiger partial charge in [-0.2, -0.15) is 0 Å². The maximum atomic E-state index is 9.66. The number of phenolic OH excluding ortho intramolecular Hbond substituents is 1. The second-order valence-corrected chi connectivity index (χ2v) is 4.58. The lowest BCUT2D eigenvalue weighted by Crippen LogP contribution is -2.29. The molecule has 1 heterocycles. The lowest BCUT2D eigenvalue weighted by molar-refractivity contribution is -0.0434. The Morgan fingerprint density at radius 1 is 1.36 bits per heavy atom. The van der Waals surface area contributed by atoms with Crippen LogP contribution in [0, 0.1) is 6.92 Å². The molecule has 2 rings (SSSR count). The molecule has 14 heavy (non-hydrogen) atoms. The average molecular weight is 259 g/mol. The van der Waals surface area contributed by atoms with Crippen molar-refractivity contribution in [2.24, 2.45) is 0 Å². The second kappa shape index (κ2) is 2.79. The summed E-state index contributed by atoms with van der Waals surface area (Å²) < 4.78 is 11.6. The molecule has 0 amide bonds. The van der Waals surface area contributed by atoms with Gasteiger partial charge in [0.1, 0.15) is 10.2 Å². The third kappa shape index (κ3) is 1.34. The first kappa shape index (κ1) is 9.65.